The Balaban J connectivity index is 2.27. The lowest BCUT2D eigenvalue weighted by Gasteiger charge is -2.35. The molecule has 0 bridgehead atoms. The van der Waals surface area contributed by atoms with Crippen LogP contribution in [0.5, 0.6) is 0 Å². The Kier molecular flexibility index (Phi) is 4.20. The van der Waals surface area contributed by atoms with Gasteiger partial charge in [0.2, 0.25) is 5.78 Å². The van der Waals surface area contributed by atoms with Gasteiger partial charge >= 0.3 is 0 Å². The van der Waals surface area contributed by atoms with Gasteiger partial charge in [0, 0.05) is 32.7 Å². The molecule has 2 heterocycles. The lowest BCUT2D eigenvalue weighted by atomic mass is 9.88. The van der Waals surface area contributed by atoms with Gasteiger partial charge in [0.15, 0.2) is 0 Å². The summed E-state index contributed by atoms with van der Waals surface area (Å²) < 4.78 is 11.0. The third-order valence-corrected chi connectivity index (χ3v) is 4.30. The molecule has 0 spiro atoms. The van der Waals surface area contributed by atoms with Gasteiger partial charge in [-0.25, -0.2) is 0 Å². The van der Waals surface area contributed by atoms with Gasteiger partial charge < -0.3 is 9.47 Å². The average Bonchev–Trinajstić information content (AvgIpc) is 2.76. The normalized spacial score (nSPS) is 19.2. The van der Waals surface area contributed by atoms with Gasteiger partial charge in [-0.2, -0.15) is 0 Å². The molecule has 0 radical (unpaired) electrons. The van der Waals surface area contributed by atoms with Crippen LogP contribution in [-0.4, -0.2) is 31.2 Å². The zero-order valence-electron chi connectivity index (χ0n) is 9.70. The molecule has 0 saturated carbocycles. The van der Waals surface area contributed by atoms with Crippen LogP contribution in [0.4, 0.5) is 0 Å². The quantitative estimate of drug-likeness (QED) is 0.791. The summed E-state index contributed by atoms with van der Waals surface area (Å²) in [6.45, 7) is 3.55. The van der Waals surface area contributed by atoms with E-state index in [4.69, 9.17) is 21.1 Å². The van der Waals surface area contributed by atoms with Gasteiger partial charge in [0.1, 0.15) is 5.60 Å². The Morgan fingerprint density at radius 2 is 2.29 bits per heavy atom. The van der Waals surface area contributed by atoms with Crippen molar-refractivity contribution in [2.75, 3.05) is 19.8 Å². The fraction of sp³-hybridized carbons (Fsp3) is 0.583. The van der Waals surface area contributed by atoms with Crippen LogP contribution >= 0.6 is 22.9 Å². The van der Waals surface area contributed by atoms with E-state index in [1.807, 2.05) is 12.3 Å². The molecule has 1 aromatic rings. The summed E-state index contributed by atoms with van der Waals surface area (Å²) in [6, 6.07) is 1.75. The summed E-state index contributed by atoms with van der Waals surface area (Å²) in [6.07, 6.45) is 1.21. The molecular weight excluding hydrogens is 260 g/mol. The van der Waals surface area contributed by atoms with Crippen molar-refractivity contribution < 1.29 is 14.3 Å². The number of ketones is 1. The highest BCUT2D eigenvalue weighted by Crippen LogP contribution is 2.34. The summed E-state index contributed by atoms with van der Waals surface area (Å²) in [4.78, 5) is 13.1. The summed E-state index contributed by atoms with van der Waals surface area (Å²) >= 11 is 7.39. The average molecular weight is 275 g/mol. The standard InChI is InChI=1S/C12H15ClO3S/c1-2-16-12(4-6-15-7-5-12)11(14)10-9(13)3-8-17-10/h3,8H,2,4-7H2,1H3. The fourth-order valence-electron chi connectivity index (χ4n) is 2.08. The van der Waals surface area contributed by atoms with Crippen LogP contribution in [0.15, 0.2) is 11.4 Å². The number of rotatable bonds is 4. The molecule has 1 aromatic heterocycles. The van der Waals surface area contributed by atoms with E-state index in [-0.39, 0.29) is 5.78 Å². The molecule has 0 atom stereocenters. The maximum atomic E-state index is 12.5. The van der Waals surface area contributed by atoms with Gasteiger partial charge in [-0.1, -0.05) is 11.6 Å². The SMILES string of the molecule is CCOC1(C(=O)c2sccc2Cl)CCOCC1. The first-order chi connectivity index (χ1) is 8.19. The van der Waals surface area contributed by atoms with E-state index >= 15 is 0 Å². The topological polar surface area (TPSA) is 35.5 Å². The van der Waals surface area contributed by atoms with Crippen molar-refractivity contribution >= 4 is 28.7 Å². The molecule has 0 aromatic carbocycles. The molecular formula is C12H15ClO3S. The van der Waals surface area contributed by atoms with Crippen LogP contribution in [0.1, 0.15) is 29.4 Å². The highest BCUT2D eigenvalue weighted by atomic mass is 35.5. The molecule has 2 rings (SSSR count). The predicted molar refractivity (Wildman–Crippen MR) is 68.1 cm³/mol. The Hall–Kier alpha value is -0.420. The zero-order chi connectivity index (χ0) is 12.3. The lowest BCUT2D eigenvalue weighted by molar-refractivity contribution is -0.0820. The van der Waals surface area contributed by atoms with Gasteiger partial charge in [0.05, 0.1) is 9.90 Å². The van der Waals surface area contributed by atoms with E-state index in [1.165, 1.54) is 11.3 Å². The minimum absolute atomic E-state index is 0.00245. The molecule has 17 heavy (non-hydrogen) atoms. The Morgan fingerprint density at radius 3 is 2.82 bits per heavy atom. The predicted octanol–water partition coefficient (Wildman–Crippen LogP) is 3.17. The second kappa shape index (κ2) is 5.48. The van der Waals surface area contributed by atoms with E-state index in [1.54, 1.807) is 6.07 Å². The van der Waals surface area contributed by atoms with Crippen LogP contribution in [0.2, 0.25) is 5.02 Å². The van der Waals surface area contributed by atoms with Crippen molar-refractivity contribution in [3.8, 4) is 0 Å². The molecule has 3 nitrogen and oxygen atoms in total. The van der Waals surface area contributed by atoms with Gasteiger partial charge in [0.25, 0.3) is 0 Å². The summed E-state index contributed by atoms with van der Waals surface area (Å²) in [7, 11) is 0. The van der Waals surface area contributed by atoms with E-state index in [9.17, 15) is 4.79 Å². The Labute approximate surface area is 110 Å². The highest BCUT2D eigenvalue weighted by molar-refractivity contribution is 7.12. The van der Waals surface area contributed by atoms with Crippen LogP contribution in [-0.2, 0) is 9.47 Å². The third-order valence-electron chi connectivity index (χ3n) is 2.96. The van der Waals surface area contributed by atoms with Gasteiger partial charge in [-0.3, -0.25) is 4.79 Å². The number of hydrogen-bond acceptors (Lipinski definition) is 4. The lowest BCUT2D eigenvalue weighted by Crippen LogP contribution is -2.46. The number of ether oxygens (including phenoxy) is 2. The first kappa shape index (κ1) is 13.0. The molecule has 0 amide bonds. The Bertz CT molecular complexity index is 391. The number of hydrogen-bond donors (Lipinski definition) is 0. The van der Waals surface area contributed by atoms with Gasteiger partial charge in [-0.15, -0.1) is 11.3 Å². The molecule has 5 heteroatoms. The first-order valence-corrected chi connectivity index (χ1v) is 6.95. The zero-order valence-corrected chi connectivity index (χ0v) is 11.3. The van der Waals surface area contributed by atoms with E-state index in [2.05, 4.69) is 0 Å². The van der Waals surface area contributed by atoms with Crippen LogP contribution in [0, 0.1) is 0 Å². The molecule has 0 unspecified atom stereocenters. The van der Waals surface area contributed by atoms with Crippen molar-refractivity contribution in [2.24, 2.45) is 0 Å². The largest absolute Gasteiger partial charge is 0.381 e. The van der Waals surface area contributed by atoms with Crippen molar-refractivity contribution in [2.45, 2.75) is 25.4 Å². The number of Topliss-reactive ketones (excluding diaryl/α,β-unsaturated/α-hetero) is 1. The molecule has 1 saturated heterocycles. The third kappa shape index (κ3) is 2.55. The van der Waals surface area contributed by atoms with E-state index < -0.39 is 5.60 Å². The fourth-order valence-corrected chi connectivity index (χ4v) is 3.25. The second-order valence-electron chi connectivity index (χ2n) is 3.97. The van der Waals surface area contributed by atoms with Crippen molar-refractivity contribution in [1.82, 2.24) is 0 Å². The van der Waals surface area contributed by atoms with Crippen LogP contribution in [0.3, 0.4) is 0 Å². The van der Waals surface area contributed by atoms with E-state index in [0.717, 1.165) is 0 Å². The maximum Gasteiger partial charge on any atom is 0.206 e. The van der Waals surface area contributed by atoms with E-state index in [0.29, 0.717) is 42.6 Å². The monoisotopic (exact) mass is 274 g/mol. The molecule has 1 fully saturated rings. The molecule has 0 N–H and O–H groups in total. The minimum Gasteiger partial charge on any atom is -0.381 e. The summed E-state index contributed by atoms with van der Waals surface area (Å²) in [5, 5.41) is 2.35. The summed E-state index contributed by atoms with van der Waals surface area (Å²) in [5.41, 5.74) is -0.735. The van der Waals surface area contributed by atoms with Crippen molar-refractivity contribution in [3.05, 3.63) is 21.3 Å². The smallest absolute Gasteiger partial charge is 0.206 e. The van der Waals surface area contributed by atoms with Crippen LogP contribution in [0.25, 0.3) is 0 Å². The Morgan fingerprint density at radius 1 is 1.59 bits per heavy atom. The molecule has 1 aliphatic heterocycles. The first-order valence-electron chi connectivity index (χ1n) is 5.69. The maximum absolute atomic E-state index is 12.5. The van der Waals surface area contributed by atoms with Crippen molar-refractivity contribution in [3.63, 3.8) is 0 Å². The van der Waals surface area contributed by atoms with Crippen LogP contribution < -0.4 is 0 Å². The van der Waals surface area contributed by atoms with Crippen molar-refractivity contribution in [1.29, 1.82) is 0 Å². The number of carbonyl (C=O) groups is 1. The molecule has 94 valence electrons. The molecule has 0 aliphatic carbocycles. The van der Waals surface area contributed by atoms with Gasteiger partial charge in [-0.05, 0) is 18.4 Å². The number of carbonyl (C=O) groups excluding carboxylic acids is 1. The molecule has 1 aliphatic rings. The number of thiophene rings is 1. The number of halogens is 1. The second-order valence-corrected chi connectivity index (χ2v) is 5.29. The minimum atomic E-state index is -0.735. The highest BCUT2D eigenvalue weighted by Gasteiger charge is 2.42. The summed E-state index contributed by atoms with van der Waals surface area (Å²) in [5.74, 6) is 0.00245.